The Bertz CT molecular complexity index is 1150. The molecule has 0 bridgehead atoms. The Kier molecular flexibility index (Phi) is 4.20. The van der Waals surface area contributed by atoms with E-state index in [0.717, 1.165) is 51.5 Å². The third-order valence-electron chi connectivity index (χ3n) is 5.34. The van der Waals surface area contributed by atoms with Crippen molar-refractivity contribution >= 4 is 22.8 Å². The number of rotatable bonds is 3. The predicted octanol–water partition coefficient (Wildman–Crippen LogP) is 4.74. The highest BCUT2D eigenvalue weighted by molar-refractivity contribution is 7.13. The maximum absolute atomic E-state index is 13.0. The number of hydrogen-bond donors (Lipinski definition) is 0. The predicted molar refractivity (Wildman–Crippen MR) is 110 cm³/mol. The molecule has 140 valence electrons. The number of likely N-dealkylation sites (tertiary alicyclic amines) is 1. The largest absolute Gasteiger partial charge is 0.329 e. The third kappa shape index (κ3) is 2.90. The average Bonchev–Trinajstić information content (AvgIpc) is 3.46. The van der Waals surface area contributed by atoms with Gasteiger partial charge in [0, 0.05) is 35.6 Å². The zero-order chi connectivity index (χ0) is 19.1. The third-order valence-corrected chi connectivity index (χ3v) is 6.32. The van der Waals surface area contributed by atoms with E-state index < -0.39 is 0 Å². The first kappa shape index (κ1) is 17.1. The van der Waals surface area contributed by atoms with E-state index >= 15 is 0 Å². The molecule has 0 aliphatic carbocycles. The van der Waals surface area contributed by atoms with E-state index in [4.69, 9.17) is 4.98 Å². The molecule has 6 heteroatoms. The molecule has 1 unspecified atom stereocenters. The van der Waals surface area contributed by atoms with Gasteiger partial charge in [-0.3, -0.25) is 9.78 Å². The minimum absolute atomic E-state index is 0.0316. The molecular weight excluding hydrogens is 368 g/mol. The van der Waals surface area contributed by atoms with Gasteiger partial charge in [-0.2, -0.15) is 0 Å². The Labute approximate surface area is 167 Å². The zero-order valence-electron chi connectivity index (χ0n) is 15.6. The van der Waals surface area contributed by atoms with E-state index in [1.165, 1.54) is 0 Å². The Morgan fingerprint density at radius 1 is 1.18 bits per heavy atom. The van der Waals surface area contributed by atoms with Gasteiger partial charge in [-0.1, -0.05) is 12.1 Å². The van der Waals surface area contributed by atoms with Gasteiger partial charge < -0.3 is 9.30 Å². The molecule has 4 aromatic rings. The van der Waals surface area contributed by atoms with Gasteiger partial charge in [0.1, 0.15) is 0 Å². The first-order valence-corrected chi connectivity index (χ1v) is 10.3. The first-order chi connectivity index (χ1) is 13.7. The summed E-state index contributed by atoms with van der Waals surface area (Å²) in [6.07, 6.45) is 9.52. The van der Waals surface area contributed by atoms with Crippen molar-refractivity contribution in [2.24, 2.45) is 0 Å². The molecule has 1 amide bonds. The van der Waals surface area contributed by atoms with Gasteiger partial charge >= 0.3 is 0 Å². The number of fused-ring (bicyclic) bond motifs is 1. The van der Waals surface area contributed by atoms with Crippen molar-refractivity contribution in [3.05, 3.63) is 76.8 Å². The fraction of sp³-hybridized carbons (Fsp3) is 0.227. The molecule has 0 spiro atoms. The van der Waals surface area contributed by atoms with E-state index in [0.29, 0.717) is 0 Å². The lowest BCUT2D eigenvalue weighted by Crippen LogP contribution is -2.30. The molecule has 28 heavy (non-hydrogen) atoms. The number of imidazole rings is 1. The lowest BCUT2D eigenvalue weighted by Gasteiger charge is -2.23. The smallest absolute Gasteiger partial charge is 0.264 e. The summed E-state index contributed by atoms with van der Waals surface area (Å²) in [5.74, 6) is 0.119. The first-order valence-electron chi connectivity index (χ1n) is 9.45. The van der Waals surface area contributed by atoms with Crippen LogP contribution >= 0.6 is 11.3 Å². The van der Waals surface area contributed by atoms with Crippen molar-refractivity contribution in [3.8, 4) is 11.1 Å². The average molecular weight is 388 g/mol. The number of hydrogen-bond acceptors (Lipinski definition) is 4. The van der Waals surface area contributed by atoms with Gasteiger partial charge in [0.25, 0.3) is 5.91 Å². The molecule has 0 aromatic carbocycles. The zero-order valence-corrected chi connectivity index (χ0v) is 16.4. The van der Waals surface area contributed by atoms with Gasteiger partial charge in [0.15, 0.2) is 0 Å². The Hall–Kier alpha value is -2.99. The fourth-order valence-electron chi connectivity index (χ4n) is 3.97. The van der Waals surface area contributed by atoms with Crippen LogP contribution in [0.3, 0.4) is 0 Å². The number of carbonyl (C=O) groups excluding carboxylic acids is 1. The van der Waals surface area contributed by atoms with Gasteiger partial charge in [-0.15, -0.1) is 11.3 Å². The summed E-state index contributed by atoms with van der Waals surface area (Å²) in [4.78, 5) is 25.9. The van der Waals surface area contributed by atoms with Crippen molar-refractivity contribution in [3.63, 3.8) is 0 Å². The van der Waals surface area contributed by atoms with Crippen molar-refractivity contribution in [1.29, 1.82) is 0 Å². The highest BCUT2D eigenvalue weighted by atomic mass is 32.1. The maximum Gasteiger partial charge on any atom is 0.264 e. The topological polar surface area (TPSA) is 50.5 Å². The molecule has 5 heterocycles. The minimum Gasteiger partial charge on any atom is -0.329 e. The van der Waals surface area contributed by atoms with Gasteiger partial charge in [0.2, 0.25) is 0 Å². The van der Waals surface area contributed by atoms with Crippen LogP contribution in [0.2, 0.25) is 0 Å². The molecule has 1 saturated heterocycles. The molecule has 0 saturated carbocycles. The van der Waals surface area contributed by atoms with E-state index in [-0.39, 0.29) is 11.9 Å². The maximum atomic E-state index is 13.0. The van der Waals surface area contributed by atoms with Crippen molar-refractivity contribution < 1.29 is 4.79 Å². The number of carbonyl (C=O) groups is 1. The minimum atomic E-state index is 0.0316. The summed E-state index contributed by atoms with van der Waals surface area (Å²) in [7, 11) is 0. The summed E-state index contributed by atoms with van der Waals surface area (Å²) in [5.41, 5.74) is 4.21. The summed E-state index contributed by atoms with van der Waals surface area (Å²) >= 11 is 1.56. The van der Waals surface area contributed by atoms with Crippen LogP contribution in [0.1, 0.15) is 39.1 Å². The quantitative estimate of drug-likeness (QED) is 0.509. The van der Waals surface area contributed by atoms with Crippen LogP contribution in [-0.4, -0.2) is 31.7 Å². The van der Waals surface area contributed by atoms with Crippen LogP contribution in [0.15, 0.2) is 61.3 Å². The second-order valence-corrected chi connectivity index (χ2v) is 8.44. The number of pyridine rings is 2. The van der Waals surface area contributed by atoms with Crippen molar-refractivity contribution in [2.75, 3.05) is 6.54 Å². The fourth-order valence-corrected chi connectivity index (χ4v) is 4.79. The number of amides is 1. The molecule has 1 aliphatic rings. The molecule has 1 fully saturated rings. The molecule has 4 aromatic heterocycles. The van der Waals surface area contributed by atoms with E-state index in [1.54, 1.807) is 17.5 Å². The molecule has 0 radical (unpaired) electrons. The number of aryl methyl sites for hydroxylation is 1. The number of nitrogens with zero attached hydrogens (tertiary/aromatic N) is 4. The number of aromatic nitrogens is 3. The van der Waals surface area contributed by atoms with Crippen molar-refractivity contribution in [1.82, 2.24) is 19.3 Å². The van der Waals surface area contributed by atoms with Gasteiger partial charge in [0.05, 0.1) is 28.5 Å². The SMILES string of the molecule is Cc1ccc(C(=O)N2CCCC2c2ncn3cc(-c4cccnc4)ccc23)s1. The van der Waals surface area contributed by atoms with E-state index in [1.807, 2.05) is 53.0 Å². The highest BCUT2D eigenvalue weighted by Crippen LogP contribution is 2.35. The normalized spacial score (nSPS) is 16.8. The molecule has 5 nitrogen and oxygen atoms in total. The summed E-state index contributed by atoms with van der Waals surface area (Å²) in [5, 5.41) is 0. The Balaban J connectivity index is 1.49. The Morgan fingerprint density at radius 2 is 2.11 bits per heavy atom. The van der Waals surface area contributed by atoms with E-state index in [2.05, 4.69) is 23.3 Å². The van der Waals surface area contributed by atoms with Crippen LogP contribution < -0.4 is 0 Å². The molecule has 5 rings (SSSR count). The number of thiophene rings is 1. The van der Waals surface area contributed by atoms with Gasteiger partial charge in [-0.05, 0) is 49.6 Å². The van der Waals surface area contributed by atoms with Crippen LogP contribution in [0.25, 0.3) is 16.6 Å². The molecular formula is C22H20N4OS. The summed E-state index contributed by atoms with van der Waals surface area (Å²) < 4.78 is 2.05. The monoisotopic (exact) mass is 388 g/mol. The standard InChI is InChI=1S/C22H20N4OS/c1-15-6-9-20(28-15)22(27)26-11-3-5-19(26)21-18-8-7-17(13-25(18)14-24-21)16-4-2-10-23-12-16/h2,4,6-10,12-14,19H,3,5,11H2,1H3. The van der Waals surface area contributed by atoms with Crippen LogP contribution in [-0.2, 0) is 0 Å². The second kappa shape index (κ2) is 6.87. The van der Waals surface area contributed by atoms with Crippen LogP contribution in [0.4, 0.5) is 0 Å². The molecule has 1 atom stereocenters. The second-order valence-electron chi connectivity index (χ2n) is 7.15. The van der Waals surface area contributed by atoms with Gasteiger partial charge in [-0.25, -0.2) is 4.98 Å². The van der Waals surface area contributed by atoms with Crippen LogP contribution in [0, 0.1) is 6.92 Å². The highest BCUT2D eigenvalue weighted by Gasteiger charge is 2.33. The van der Waals surface area contributed by atoms with Crippen molar-refractivity contribution in [2.45, 2.75) is 25.8 Å². The summed E-state index contributed by atoms with van der Waals surface area (Å²) in [6.45, 7) is 2.82. The van der Waals surface area contributed by atoms with Crippen LogP contribution in [0.5, 0.6) is 0 Å². The summed E-state index contributed by atoms with van der Waals surface area (Å²) in [6, 6.07) is 12.2. The van der Waals surface area contributed by atoms with E-state index in [9.17, 15) is 4.79 Å². The molecule has 0 N–H and O–H groups in total. The lowest BCUT2D eigenvalue weighted by molar-refractivity contribution is 0.0739. The molecule has 1 aliphatic heterocycles. The lowest BCUT2D eigenvalue weighted by atomic mass is 10.1. The Morgan fingerprint density at radius 3 is 2.89 bits per heavy atom.